The van der Waals surface area contributed by atoms with Crippen molar-refractivity contribution in [2.24, 2.45) is 5.41 Å². The molecule has 1 aromatic heterocycles. The fourth-order valence-electron chi connectivity index (χ4n) is 5.91. The van der Waals surface area contributed by atoms with Crippen molar-refractivity contribution < 1.29 is 14.3 Å². The summed E-state index contributed by atoms with van der Waals surface area (Å²) in [5, 5.41) is 1.28. The quantitative estimate of drug-likeness (QED) is 0.322. The second-order valence-electron chi connectivity index (χ2n) is 9.63. The van der Waals surface area contributed by atoms with Gasteiger partial charge in [0.05, 0.1) is 18.3 Å². The number of methoxy groups -OCH3 is 1. The molecule has 5 heteroatoms. The normalized spacial score (nSPS) is 22.2. The monoisotopic (exact) mass is 470 g/mol. The molecule has 2 aromatic carbocycles. The van der Waals surface area contributed by atoms with Crippen molar-refractivity contribution in [2.75, 3.05) is 20.2 Å². The minimum absolute atomic E-state index is 0.0711. The Balaban J connectivity index is 1.67. The number of benzene rings is 2. The number of para-hydroxylation sites is 2. The number of esters is 1. The van der Waals surface area contributed by atoms with Crippen molar-refractivity contribution in [2.45, 2.75) is 45.6 Å². The maximum absolute atomic E-state index is 11.8. The highest BCUT2D eigenvalue weighted by molar-refractivity contribution is 5.89. The lowest BCUT2D eigenvalue weighted by atomic mass is 9.71. The minimum atomic E-state index is -0.321. The minimum Gasteiger partial charge on any atom is -0.483 e. The Morgan fingerprint density at radius 1 is 1.11 bits per heavy atom. The molecule has 0 amide bonds. The number of allylic oxidation sites excluding steroid dienone is 1. The Kier molecular flexibility index (Phi) is 6.42. The smallest absolute Gasteiger partial charge is 0.331 e. The molecule has 2 atom stereocenters. The molecule has 0 aliphatic carbocycles. The Morgan fingerprint density at radius 2 is 1.89 bits per heavy atom. The molecule has 0 radical (unpaired) electrons. The van der Waals surface area contributed by atoms with Gasteiger partial charge in [-0.1, -0.05) is 49.4 Å². The molecule has 0 saturated carbocycles. The number of hydrogen-bond acceptors (Lipinski definition) is 4. The van der Waals surface area contributed by atoms with E-state index >= 15 is 0 Å². The lowest BCUT2D eigenvalue weighted by molar-refractivity contribution is -0.134. The molecule has 35 heavy (non-hydrogen) atoms. The van der Waals surface area contributed by atoms with Crippen LogP contribution in [0.5, 0.6) is 5.75 Å². The van der Waals surface area contributed by atoms with Crippen LogP contribution in [0.2, 0.25) is 0 Å². The Hall–Kier alpha value is -3.47. The van der Waals surface area contributed by atoms with Gasteiger partial charge in [-0.25, -0.2) is 4.79 Å². The van der Waals surface area contributed by atoms with Crippen molar-refractivity contribution in [1.82, 2.24) is 9.47 Å². The molecule has 5 rings (SSSR count). The summed E-state index contributed by atoms with van der Waals surface area (Å²) in [6.07, 6.45) is 9.68. The Bertz CT molecular complexity index is 1270. The zero-order chi connectivity index (χ0) is 24.4. The summed E-state index contributed by atoms with van der Waals surface area (Å²) in [7, 11) is 1.42. The summed E-state index contributed by atoms with van der Waals surface area (Å²) in [5.74, 6) is 0.587. The summed E-state index contributed by atoms with van der Waals surface area (Å²) in [5.41, 5.74) is 5.00. The fourth-order valence-corrected chi connectivity index (χ4v) is 5.91. The van der Waals surface area contributed by atoms with Crippen molar-refractivity contribution in [3.8, 4) is 5.75 Å². The fraction of sp³-hybridized carbons (Fsp3) is 0.367. The molecule has 3 aromatic rings. The molecule has 0 saturated heterocycles. The van der Waals surface area contributed by atoms with E-state index in [9.17, 15) is 4.79 Å². The van der Waals surface area contributed by atoms with Crippen LogP contribution >= 0.6 is 0 Å². The first-order valence-electron chi connectivity index (χ1n) is 12.6. The van der Waals surface area contributed by atoms with Crippen LogP contribution < -0.4 is 4.74 Å². The van der Waals surface area contributed by atoms with Crippen LogP contribution in [-0.4, -0.2) is 35.6 Å². The van der Waals surface area contributed by atoms with E-state index in [0.29, 0.717) is 0 Å². The molecule has 1 unspecified atom stereocenters. The summed E-state index contributed by atoms with van der Waals surface area (Å²) < 4.78 is 14.1. The van der Waals surface area contributed by atoms with Gasteiger partial charge in [-0.2, -0.15) is 0 Å². The van der Waals surface area contributed by atoms with Crippen molar-refractivity contribution >= 4 is 22.6 Å². The first-order valence-corrected chi connectivity index (χ1v) is 12.6. The molecule has 2 aliphatic heterocycles. The summed E-state index contributed by atoms with van der Waals surface area (Å²) >= 11 is 0. The molecule has 2 bridgehead atoms. The van der Waals surface area contributed by atoms with Crippen LogP contribution in [-0.2, 0) is 16.0 Å². The summed E-state index contributed by atoms with van der Waals surface area (Å²) in [4.78, 5) is 14.0. The number of ether oxygens (including phenoxy) is 2. The summed E-state index contributed by atoms with van der Waals surface area (Å²) in [6.45, 7) is 6.23. The van der Waals surface area contributed by atoms with Gasteiger partial charge in [-0.3, -0.25) is 0 Å². The number of carbonyl (C=O) groups is 1. The number of nitrogens with zero attached hydrogens (tertiary/aromatic N) is 2. The van der Waals surface area contributed by atoms with Crippen LogP contribution in [0, 0.1) is 5.41 Å². The second kappa shape index (κ2) is 9.65. The Labute approximate surface area is 207 Å². The molecular weight excluding hydrogens is 436 g/mol. The number of rotatable bonds is 5. The van der Waals surface area contributed by atoms with Crippen LogP contribution in [0.15, 0.2) is 72.9 Å². The van der Waals surface area contributed by atoms with E-state index in [1.54, 1.807) is 0 Å². The standard InChI is InChI=1S/C30H34N2O3/c1-4-30-17-10-18-31(20-16-27(33)34-3)19-15-25-24-13-8-9-14-26(24)32(22(2)21-30)28(25)29(30)35-23-11-6-5-7-12-23/h5-9,11-14,16,20-21,29H,4,10,15,17-19H2,1-3H3/b20-16+/t29?,30-/m0/s1. The van der Waals surface area contributed by atoms with Crippen LogP contribution in [0.4, 0.5) is 0 Å². The van der Waals surface area contributed by atoms with E-state index in [4.69, 9.17) is 9.47 Å². The first kappa shape index (κ1) is 23.3. The van der Waals surface area contributed by atoms with Crippen LogP contribution in [0.25, 0.3) is 16.6 Å². The zero-order valence-corrected chi connectivity index (χ0v) is 20.9. The van der Waals surface area contributed by atoms with Gasteiger partial charge >= 0.3 is 5.97 Å². The largest absolute Gasteiger partial charge is 0.483 e. The average molecular weight is 471 g/mol. The van der Waals surface area contributed by atoms with Gasteiger partial charge in [0.2, 0.25) is 0 Å². The molecule has 2 aliphatic rings. The van der Waals surface area contributed by atoms with E-state index < -0.39 is 0 Å². The number of hydrogen-bond donors (Lipinski definition) is 0. The molecule has 0 N–H and O–H groups in total. The van der Waals surface area contributed by atoms with Gasteiger partial charge in [0, 0.05) is 41.9 Å². The van der Waals surface area contributed by atoms with E-state index in [2.05, 4.69) is 65.8 Å². The molecule has 5 nitrogen and oxygen atoms in total. The third-order valence-corrected chi connectivity index (χ3v) is 7.65. The predicted octanol–water partition coefficient (Wildman–Crippen LogP) is 6.36. The highest BCUT2D eigenvalue weighted by Crippen LogP contribution is 2.53. The van der Waals surface area contributed by atoms with Gasteiger partial charge in [0.15, 0.2) is 0 Å². The number of fused-ring (bicyclic) bond motifs is 4. The lowest BCUT2D eigenvalue weighted by Crippen LogP contribution is -2.38. The topological polar surface area (TPSA) is 43.7 Å². The van der Waals surface area contributed by atoms with E-state index in [0.717, 1.165) is 44.5 Å². The highest BCUT2D eigenvalue weighted by Gasteiger charge is 2.45. The van der Waals surface area contributed by atoms with Crippen molar-refractivity contribution in [3.63, 3.8) is 0 Å². The molecule has 0 spiro atoms. The Morgan fingerprint density at radius 3 is 2.66 bits per heavy atom. The van der Waals surface area contributed by atoms with Gasteiger partial charge < -0.3 is 18.9 Å². The molecule has 182 valence electrons. The number of aromatic nitrogens is 1. The number of carbonyl (C=O) groups excluding carboxylic acids is 1. The van der Waals surface area contributed by atoms with Gasteiger partial charge in [-0.15, -0.1) is 0 Å². The SMILES string of the molecule is CC[C@@]12C=C(C)n3c(c(c4ccccc43)CCN(/C=C/C(=O)OC)CCC1)C2Oc1ccccc1. The second-order valence-corrected chi connectivity index (χ2v) is 9.63. The predicted molar refractivity (Wildman–Crippen MR) is 140 cm³/mol. The average Bonchev–Trinajstić information content (AvgIpc) is 3.22. The highest BCUT2D eigenvalue weighted by atomic mass is 16.5. The maximum Gasteiger partial charge on any atom is 0.331 e. The third kappa shape index (κ3) is 4.24. The van der Waals surface area contributed by atoms with Gasteiger partial charge in [0.1, 0.15) is 11.9 Å². The van der Waals surface area contributed by atoms with E-state index in [1.165, 1.54) is 41.0 Å². The summed E-state index contributed by atoms with van der Waals surface area (Å²) in [6, 6.07) is 18.9. The van der Waals surface area contributed by atoms with Crippen molar-refractivity contribution in [1.29, 1.82) is 0 Å². The zero-order valence-electron chi connectivity index (χ0n) is 20.9. The van der Waals surface area contributed by atoms with Crippen LogP contribution in [0.1, 0.15) is 50.5 Å². The maximum atomic E-state index is 11.8. The molecule has 3 heterocycles. The third-order valence-electron chi connectivity index (χ3n) is 7.65. The molecular formula is C30H34N2O3. The van der Waals surface area contributed by atoms with E-state index in [-0.39, 0.29) is 17.5 Å². The van der Waals surface area contributed by atoms with Gasteiger partial charge in [-0.05, 0) is 56.4 Å². The lowest BCUT2D eigenvalue weighted by Gasteiger charge is -2.43. The van der Waals surface area contributed by atoms with Crippen molar-refractivity contribution in [3.05, 3.63) is 84.2 Å². The first-order chi connectivity index (χ1) is 17.1. The molecule has 0 fully saturated rings. The van der Waals surface area contributed by atoms with E-state index in [1.807, 2.05) is 24.4 Å². The van der Waals surface area contributed by atoms with Gasteiger partial charge in [0.25, 0.3) is 0 Å². The van der Waals surface area contributed by atoms with Crippen LogP contribution in [0.3, 0.4) is 0 Å².